The van der Waals surface area contributed by atoms with E-state index < -0.39 is 4.92 Å². The zero-order valence-corrected chi connectivity index (χ0v) is 8.52. The number of nitro benzene ring substituents is 1. The van der Waals surface area contributed by atoms with Crippen molar-refractivity contribution in [2.75, 3.05) is 6.61 Å². The summed E-state index contributed by atoms with van der Waals surface area (Å²) in [5.41, 5.74) is 0.283. The van der Waals surface area contributed by atoms with Crippen molar-refractivity contribution >= 4 is 11.5 Å². The number of hydrogen-bond donors (Lipinski definition) is 0. The number of carbonyl (C=O) groups excluding carboxylic acids is 1. The summed E-state index contributed by atoms with van der Waals surface area (Å²) in [6, 6.07) is 3.96. The quantitative estimate of drug-likeness (QED) is 0.433. The van der Waals surface area contributed by atoms with Crippen LogP contribution in [0.2, 0.25) is 0 Å². The molecule has 0 aromatic heterocycles. The summed E-state index contributed by atoms with van der Waals surface area (Å²) < 4.78 is 5.16. The number of carbonyl (C=O) groups is 1. The van der Waals surface area contributed by atoms with Crippen LogP contribution in [0.5, 0.6) is 5.75 Å². The van der Waals surface area contributed by atoms with Gasteiger partial charge in [-0.3, -0.25) is 14.9 Å². The van der Waals surface area contributed by atoms with E-state index in [2.05, 4.69) is 0 Å². The molecule has 0 N–H and O–H groups in total. The molecule has 0 radical (unpaired) electrons. The Morgan fingerprint density at radius 3 is 2.67 bits per heavy atom. The van der Waals surface area contributed by atoms with Crippen molar-refractivity contribution in [2.45, 2.75) is 13.8 Å². The second-order valence-corrected chi connectivity index (χ2v) is 2.93. The summed E-state index contributed by atoms with van der Waals surface area (Å²) >= 11 is 0. The van der Waals surface area contributed by atoms with Crippen molar-refractivity contribution in [3.05, 3.63) is 33.9 Å². The van der Waals surface area contributed by atoms with Gasteiger partial charge in [0.25, 0.3) is 5.69 Å². The number of ketones is 1. The number of non-ortho nitro benzene ring substituents is 1. The number of ether oxygens (including phenoxy) is 1. The topological polar surface area (TPSA) is 69.4 Å². The van der Waals surface area contributed by atoms with E-state index in [9.17, 15) is 14.9 Å². The minimum atomic E-state index is -0.521. The van der Waals surface area contributed by atoms with Crippen LogP contribution in [0.1, 0.15) is 24.2 Å². The second-order valence-electron chi connectivity index (χ2n) is 2.93. The molecule has 5 heteroatoms. The summed E-state index contributed by atoms with van der Waals surface area (Å²) in [5.74, 6) is 0.0903. The second kappa shape index (κ2) is 4.54. The van der Waals surface area contributed by atoms with Gasteiger partial charge in [0, 0.05) is 6.07 Å². The Kier molecular flexibility index (Phi) is 3.38. The van der Waals surface area contributed by atoms with Crippen molar-refractivity contribution in [2.24, 2.45) is 0 Å². The molecule has 0 spiro atoms. The average Bonchev–Trinajstić information content (AvgIpc) is 2.17. The van der Waals surface area contributed by atoms with Gasteiger partial charge < -0.3 is 4.74 Å². The Bertz CT molecular complexity index is 400. The van der Waals surface area contributed by atoms with Crippen LogP contribution in [0, 0.1) is 10.1 Å². The lowest BCUT2D eigenvalue weighted by molar-refractivity contribution is -0.384. The van der Waals surface area contributed by atoms with E-state index in [0.29, 0.717) is 12.2 Å². The number of hydrogen-bond acceptors (Lipinski definition) is 4. The maximum atomic E-state index is 11.2. The molecular formula is C10H11NO4. The van der Waals surface area contributed by atoms with Gasteiger partial charge in [-0.1, -0.05) is 0 Å². The highest BCUT2D eigenvalue weighted by atomic mass is 16.6. The van der Waals surface area contributed by atoms with E-state index in [0.717, 1.165) is 0 Å². The molecule has 0 aliphatic rings. The first-order valence-corrected chi connectivity index (χ1v) is 4.48. The average molecular weight is 209 g/mol. The predicted molar refractivity (Wildman–Crippen MR) is 54.3 cm³/mol. The molecule has 0 aliphatic heterocycles. The van der Waals surface area contributed by atoms with Crippen molar-refractivity contribution in [1.82, 2.24) is 0 Å². The summed E-state index contributed by atoms with van der Waals surface area (Å²) in [6.45, 7) is 3.51. The van der Waals surface area contributed by atoms with Gasteiger partial charge in [-0.15, -0.1) is 0 Å². The summed E-state index contributed by atoms with van der Waals surface area (Å²) in [7, 11) is 0. The third-order valence-electron chi connectivity index (χ3n) is 1.86. The molecule has 1 rings (SSSR count). The maximum Gasteiger partial charge on any atom is 0.273 e. The van der Waals surface area contributed by atoms with E-state index in [1.54, 1.807) is 6.92 Å². The monoisotopic (exact) mass is 209 g/mol. The molecule has 0 unspecified atom stereocenters. The number of benzene rings is 1. The van der Waals surface area contributed by atoms with Crippen LogP contribution in [-0.4, -0.2) is 17.3 Å². The number of Topliss-reactive ketones (excluding diaryl/α,β-unsaturated/α-hetero) is 1. The molecule has 0 heterocycles. The largest absolute Gasteiger partial charge is 0.493 e. The smallest absolute Gasteiger partial charge is 0.273 e. The van der Waals surface area contributed by atoms with Crippen LogP contribution in [0.25, 0.3) is 0 Å². The Morgan fingerprint density at radius 2 is 2.20 bits per heavy atom. The number of rotatable bonds is 4. The Hall–Kier alpha value is -1.91. The first-order valence-electron chi connectivity index (χ1n) is 4.48. The highest BCUT2D eigenvalue weighted by Crippen LogP contribution is 2.25. The Morgan fingerprint density at radius 1 is 1.53 bits per heavy atom. The zero-order chi connectivity index (χ0) is 11.4. The lowest BCUT2D eigenvalue weighted by Gasteiger charge is -2.06. The number of nitro groups is 1. The highest BCUT2D eigenvalue weighted by Gasteiger charge is 2.13. The molecule has 0 saturated carbocycles. The Labute approximate surface area is 86.8 Å². The molecule has 0 fully saturated rings. The minimum Gasteiger partial charge on any atom is -0.493 e. The predicted octanol–water partition coefficient (Wildman–Crippen LogP) is 2.20. The van der Waals surface area contributed by atoms with Gasteiger partial charge in [-0.25, -0.2) is 0 Å². The van der Waals surface area contributed by atoms with Crippen LogP contribution in [0.3, 0.4) is 0 Å². The van der Waals surface area contributed by atoms with Crippen LogP contribution < -0.4 is 4.74 Å². The fourth-order valence-corrected chi connectivity index (χ4v) is 1.19. The molecule has 0 bridgehead atoms. The van der Waals surface area contributed by atoms with E-state index in [1.165, 1.54) is 25.1 Å². The van der Waals surface area contributed by atoms with Gasteiger partial charge in [0.2, 0.25) is 0 Å². The van der Waals surface area contributed by atoms with Gasteiger partial charge in [-0.2, -0.15) is 0 Å². The SMILES string of the molecule is CCOc1cc([N+](=O)[O-])ccc1C(C)=O. The zero-order valence-electron chi connectivity index (χ0n) is 8.52. The van der Waals surface area contributed by atoms with Crippen LogP contribution in [0.4, 0.5) is 5.69 Å². The first kappa shape index (κ1) is 11.2. The van der Waals surface area contributed by atoms with E-state index in [4.69, 9.17) is 4.74 Å². The van der Waals surface area contributed by atoms with Crippen molar-refractivity contribution in [3.8, 4) is 5.75 Å². The molecule has 1 aromatic rings. The summed E-state index contributed by atoms with van der Waals surface area (Å²) in [6.07, 6.45) is 0. The van der Waals surface area contributed by atoms with Crippen LogP contribution >= 0.6 is 0 Å². The molecule has 0 aliphatic carbocycles. The van der Waals surface area contributed by atoms with E-state index in [-0.39, 0.29) is 17.2 Å². The van der Waals surface area contributed by atoms with Crippen molar-refractivity contribution < 1.29 is 14.5 Å². The molecule has 80 valence electrons. The van der Waals surface area contributed by atoms with Gasteiger partial charge in [0.05, 0.1) is 23.2 Å². The minimum absolute atomic E-state index is 0.0801. The maximum absolute atomic E-state index is 11.2. The standard InChI is InChI=1S/C10H11NO4/c1-3-15-10-6-8(11(13)14)4-5-9(10)7(2)12/h4-6H,3H2,1-2H3. The lowest BCUT2D eigenvalue weighted by Crippen LogP contribution is -2.01. The normalized spacial score (nSPS) is 9.73. The first-order chi connectivity index (χ1) is 7.06. The third kappa shape index (κ3) is 2.52. The van der Waals surface area contributed by atoms with Crippen molar-refractivity contribution in [3.63, 3.8) is 0 Å². The molecule has 5 nitrogen and oxygen atoms in total. The van der Waals surface area contributed by atoms with Crippen molar-refractivity contribution in [1.29, 1.82) is 0 Å². The third-order valence-corrected chi connectivity index (χ3v) is 1.86. The molecule has 15 heavy (non-hydrogen) atoms. The molecule has 0 atom stereocenters. The van der Waals surface area contributed by atoms with Gasteiger partial charge in [0.15, 0.2) is 5.78 Å². The fraction of sp³-hybridized carbons (Fsp3) is 0.300. The highest BCUT2D eigenvalue weighted by molar-refractivity contribution is 5.97. The summed E-state index contributed by atoms with van der Waals surface area (Å²) in [4.78, 5) is 21.2. The number of nitrogens with zero attached hydrogens (tertiary/aromatic N) is 1. The van der Waals surface area contributed by atoms with Gasteiger partial charge in [-0.05, 0) is 19.9 Å². The van der Waals surface area contributed by atoms with Gasteiger partial charge >= 0.3 is 0 Å². The van der Waals surface area contributed by atoms with E-state index in [1.807, 2.05) is 0 Å². The Balaban J connectivity index is 3.20. The molecule has 1 aromatic carbocycles. The fourth-order valence-electron chi connectivity index (χ4n) is 1.19. The molecule has 0 amide bonds. The van der Waals surface area contributed by atoms with Gasteiger partial charge in [0.1, 0.15) is 5.75 Å². The molecular weight excluding hydrogens is 198 g/mol. The summed E-state index contributed by atoms with van der Waals surface area (Å²) in [5, 5.41) is 10.5. The lowest BCUT2D eigenvalue weighted by atomic mass is 10.1. The molecule has 0 saturated heterocycles. The van der Waals surface area contributed by atoms with Crippen LogP contribution in [-0.2, 0) is 0 Å². The van der Waals surface area contributed by atoms with E-state index >= 15 is 0 Å². The van der Waals surface area contributed by atoms with Crippen LogP contribution in [0.15, 0.2) is 18.2 Å².